The topological polar surface area (TPSA) is 66.4 Å². The van der Waals surface area contributed by atoms with E-state index in [2.05, 4.69) is 17.4 Å². The molecule has 0 aliphatic rings. The molecule has 0 aromatic heterocycles. The SMILES string of the molecule is O=C(O)CCCCCCNC(=O)CSCc1ccccc1. The van der Waals surface area contributed by atoms with E-state index in [0.717, 1.165) is 31.4 Å². The van der Waals surface area contributed by atoms with Gasteiger partial charge in [-0.15, -0.1) is 11.8 Å². The van der Waals surface area contributed by atoms with Crippen LogP contribution in [0.4, 0.5) is 0 Å². The minimum absolute atomic E-state index is 0.0708. The molecule has 1 aromatic carbocycles. The van der Waals surface area contributed by atoms with Gasteiger partial charge in [-0.1, -0.05) is 43.2 Å². The van der Waals surface area contributed by atoms with Crippen molar-refractivity contribution in [2.24, 2.45) is 0 Å². The maximum Gasteiger partial charge on any atom is 0.303 e. The molecule has 21 heavy (non-hydrogen) atoms. The molecule has 0 bridgehead atoms. The van der Waals surface area contributed by atoms with Crippen LogP contribution in [0, 0.1) is 0 Å². The molecule has 0 radical (unpaired) electrons. The van der Waals surface area contributed by atoms with Gasteiger partial charge in [0, 0.05) is 18.7 Å². The monoisotopic (exact) mass is 309 g/mol. The van der Waals surface area contributed by atoms with Crippen molar-refractivity contribution in [1.29, 1.82) is 0 Å². The first-order valence-corrected chi connectivity index (χ1v) is 8.44. The Morgan fingerprint density at radius 3 is 2.48 bits per heavy atom. The second kappa shape index (κ2) is 11.2. The number of carboxylic acids is 1. The zero-order valence-electron chi connectivity index (χ0n) is 12.2. The number of carbonyl (C=O) groups is 2. The number of carboxylic acid groups (broad SMARTS) is 1. The van der Waals surface area contributed by atoms with Gasteiger partial charge >= 0.3 is 5.97 Å². The van der Waals surface area contributed by atoms with Crippen LogP contribution in [0.25, 0.3) is 0 Å². The van der Waals surface area contributed by atoms with E-state index in [1.165, 1.54) is 5.56 Å². The second-order valence-corrected chi connectivity index (χ2v) is 5.87. The fourth-order valence-electron chi connectivity index (χ4n) is 1.87. The highest BCUT2D eigenvalue weighted by atomic mass is 32.2. The first-order valence-electron chi connectivity index (χ1n) is 7.28. The number of rotatable bonds is 11. The fraction of sp³-hybridized carbons (Fsp3) is 0.500. The molecule has 0 spiro atoms. The smallest absolute Gasteiger partial charge is 0.303 e. The molecule has 0 unspecified atom stereocenters. The molecule has 2 N–H and O–H groups in total. The second-order valence-electron chi connectivity index (χ2n) is 4.89. The molecule has 116 valence electrons. The van der Waals surface area contributed by atoms with Gasteiger partial charge in [-0.25, -0.2) is 0 Å². The first kappa shape index (κ1) is 17.6. The van der Waals surface area contributed by atoms with Gasteiger partial charge in [0.15, 0.2) is 0 Å². The largest absolute Gasteiger partial charge is 0.481 e. The molecule has 0 aliphatic heterocycles. The summed E-state index contributed by atoms with van der Waals surface area (Å²) in [5.41, 5.74) is 1.23. The van der Waals surface area contributed by atoms with Crippen molar-refractivity contribution in [3.05, 3.63) is 35.9 Å². The molecule has 0 saturated carbocycles. The molecule has 1 rings (SSSR count). The molecule has 0 heterocycles. The van der Waals surface area contributed by atoms with E-state index in [1.54, 1.807) is 11.8 Å². The van der Waals surface area contributed by atoms with Crippen molar-refractivity contribution >= 4 is 23.6 Å². The Bertz CT molecular complexity index is 423. The van der Waals surface area contributed by atoms with E-state index in [9.17, 15) is 9.59 Å². The Morgan fingerprint density at radius 1 is 1.05 bits per heavy atom. The number of aliphatic carboxylic acids is 1. The Labute approximate surface area is 130 Å². The van der Waals surface area contributed by atoms with Crippen LogP contribution in [-0.4, -0.2) is 29.3 Å². The van der Waals surface area contributed by atoms with Crippen molar-refractivity contribution in [2.45, 2.75) is 37.9 Å². The highest BCUT2D eigenvalue weighted by molar-refractivity contribution is 7.99. The molecule has 0 aliphatic carbocycles. The number of thioether (sulfide) groups is 1. The Morgan fingerprint density at radius 2 is 1.76 bits per heavy atom. The van der Waals surface area contributed by atoms with Crippen LogP contribution in [0.15, 0.2) is 30.3 Å². The zero-order chi connectivity index (χ0) is 15.3. The van der Waals surface area contributed by atoms with Crippen molar-refractivity contribution in [2.75, 3.05) is 12.3 Å². The number of unbranched alkanes of at least 4 members (excludes halogenated alkanes) is 3. The summed E-state index contributed by atoms with van der Waals surface area (Å²) in [7, 11) is 0. The normalized spacial score (nSPS) is 10.3. The van der Waals surface area contributed by atoms with E-state index in [-0.39, 0.29) is 12.3 Å². The number of benzene rings is 1. The van der Waals surface area contributed by atoms with E-state index in [4.69, 9.17) is 5.11 Å². The third-order valence-corrected chi connectivity index (χ3v) is 3.99. The molecule has 0 saturated heterocycles. The third-order valence-electron chi connectivity index (χ3n) is 2.98. The summed E-state index contributed by atoms with van der Waals surface area (Å²) in [6, 6.07) is 10.1. The number of amides is 1. The summed E-state index contributed by atoms with van der Waals surface area (Å²) in [5.74, 6) is 0.664. The molecule has 1 aromatic rings. The predicted octanol–water partition coefficient (Wildman–Crippen LogP) is 3.07. The van der Waals surface area contributed by atoms with Crippen LogP contribution in [0.5, 0.6) is 0 Å². The average molecular weight is 309 g/mol. The van der Waals surface area contributed by atoms with Crippen molar-refractivity contribution < 1.29 is 14.7 Å². The maximum atomic E-state index is 11.6. The van der Waals surface area contributed by atoms with Gasteiger partial charge in [-0.3, -0.25) is 9.59 Å². The van der Waals surface area contributed by atoms with Crippen LogP contribution in [0.3, 0.4) is 0 Å². The lowest BCUT2D eigenvalue weighted by Gasteiger charge is -2.05. The van der Waals surface area contributed by atoms with Gasteiger partial charge in [0.05, 0.1) is 5.75 Å². The van der Waals surface area contributed by atoms with Crippen LogP contribution < -0.4 is 5.32 Å². The lowest BCUT2D eigenvalue weighted by atomic mass is 10.1. The van der Waals surface area contributed by atoms with Gasteiger partial charge in [0.2, 0.25) is 5.91 Å². The van der Waals surface area contributed by atoms with Crippen LogP contribution >= 0.6 is 11.8 Å². The van der Waals surface area contributed by atoms with Crippen LogP contribution in [0.2, 0.25) is 0 Å². The summed E-state index contributed by atoms with van der Waals surface area (Å²) in [6.07, 6.45) is 3.74. The minimum Gasteiger partial charge on any atom is -0.481 e. The summed E-state index contributed by atoms with van der Waals surface area (Å²) >= 11 is 1.61. The number of nitrogens with one attached hydrogen (secondary N) is 1. The van der Waals surface area contributed by atoms with Crippen LogP contribution in [-0.2, 0) is 15.3 Å². The highest BCUT2D eigenvalue weighted by Gasteiger charge is 2.01. The van der Waals surface area contributed by atoms with Gasteiger partial charge in [0.25, 0.3) is 0 Å². The van der Waals surface area contributed by atoms with Gasteiger partial charge in [-0.05, 0) is 18.4 Å². The lowest BCUT2D eigenvalue weighted by Crippen LogP contribution is -2.26. The maximum absolute atomic E-state index is 11.6. The summed E-state index contributed by atoms with van der Waals surface area (Å²) < 4.78 is 0. The summed E-state index contributed by atoms with van der Waals surface area (Å²) in [6.45, 7) is 0.678. The molecule has 0 atom stereocenters. The van der Waals surface area contributed by atoms with E-state index < -0.39 is 5.97 Å². The first-order chi connectivity index (χ1) is 10.2. The molecule has 1 amide bonds. The molecular weight excluding hydrogens is 286 g/mol. The Hall–Kier alpha value is -1.49. The van der Waals surface area contributed by atoms with Gasteiger partial charge in [0.1, 0.15) is 0 Å². The number of hydrogen-bond acceptors (Lipinski definition) is 3. The standard InChI is InChI=1S/C16H23NO3S/c18-15(13-21-12-14-8-4-3-5-9-14)17-11-7-2-1-6-10-16(19)20/h3-5,8-9H,1-2,6-7,10-13H2,(H,17,18)(H,19,20). The molecule has 5 heteroatoms. The van der Waals surface area contributed by atoms with E-state index >= 15 is 0 Å². The predicted molar refractivity (Wildman–Crippen MR) is 86.3 cm³/mol. The van der Waals surface area contributed by atoms with Gasteiger partial charge in [-0.2, -0.15) is 0 Å². The molecular formula is C16H23NO3S. The third kappa shape index (κ3) is 9.96. The van der Waals surface area contributed by atoms with Crippen molar-refractivity contribution in [1.82, 2.24) is 5.32 Å². The summed E-state index contributed by atoms with van der Waals surface area (Å²) in [4.78, 5) is 21.9. The van der Waals surface area contributed by atoms with Crippen molar-refractivity contribution in [3.8, 4) is 0 Å². The van der Waals surface area contributed by atoms with Crippen LogP contribution in [0.1, 0.15) is 37.7 Å². The Kier molecular flexibility index (Phi) is 9.37. The number of carbonyl (C=O) groups excluding carboxylic acids is 1. The van der Waals surface area contributed by atoms with Gasteiger partial charge < -0.3 is 10.4 Å². The average Bonchev–Trinajstić information content (AvgIpc) is 2.47. The molecule has 0 fully saturated rings. The Balaban J connectivity index is 1.93. The quantitative estimate of drug-likeness (QED) is 0.617. The number of hydrogen-bond donors (Lipinski definition) is 2. The highest BCUT2D eigenvalue weighted by Crippen LogP contribution is 2.11. The minimum atomic E-state index is -0.737. The van der Waals surface area contributed by atoms with E-state index in [1.807, 2.05) is 18.2 Å². The fourth-order valence-corrected chi connectivity index (χ4v) is 2.69. The van der Waals surface area contributed by atoms with Crippen molar-refractivity contribution in [3.63, 3.8) is 0 Å². The molecule has 4 nitrogen and oxygen atoms in total. The zero-order valence-corrected chi connectivity index (χ0v) is 13.0. The lowest BCUT2D eigenvalue weighted by molar-refractivity contribution is -0.137. The van der Waals surface area contributed by atoms with E-state index in [0.29, 0.717) is 12.3 Å². The summed E-state index contributed by atoms with van der Waals surface area (Å²) in [5, 5.41) is 11.4.